The van der Waals surface area contributed by atoms with E-state index in [1.165, 1.54) is 22.6 Å². The topological polar surface area (TPSA) is 138 Å². The van der Waals surface area contributed by atoms with Gasteiger partial charge in [-0.1, -0.05) is 13.8 Å². The van der Waals surface area contributed by atoms with Crippen LogP contribution in [0.1, 0.15) is 34.7 Å². The molecule has 1 saturated heterocycles. The lowest BCUT2D eigenvalue weighted by atomic mass is 9.87. The van der Waals surface area contributed by atoms with Gasteiger partial charge in [-0.15, -0.1) is 11.3 Å². The zero-order valence-electron chi connectivity index (χ0n) is 13.6. The first-order valence-electron chi connectivity index (χ1n) is 7.35. The fourth-order valence-corrected chi connectivity index (χ4v) is 5.87. The normalized spacial score (nSPS) is 17.0. The summed E-state index contributed by atoms with van der Waals surface area (Å²) in [6.07, 6.45) is 1.47. The molecule has 0 bridgehead atoms. The van der Waals surface area contributed by atoms with Crippen LogP contribution < -0.4 is 11.1 Å². The molecule has 0 saturated carbocycles. The fraction of sp³-hybridized carbons (Fsp3) is 0.357. The van der Waals surface area contributed by atoms with E-state index in [0.717, 1.165) is 11.3 Å². The van der Waals surface area contributed by atoms with Gasteiger partial charge in [0.1, 0.15) is 14.9 Å². The molecular weight excluding hydrogens is 366 g/mol. The standard InChI is InChI=1S/C14H17N5O4S2/c1-14(2)6-19(7-14)25(22,23)10-5-8(11(15)20)13(24-10)17-12(21)9-3-4-16-18-9/h3-5H,6-7H2,1-2H3,(H2,15,20)(H,16,18)(H,17,21). The third-order valence-corrected chi connectivity index (χ3v) is 7.03. The van der Waals surface area contributed by atoms with Gasteiger partial charge in [-0.05, 0) is 17.5 Å². The van der Waals surface area contributed by atoms with E-state index in [2.05, 4.69) is 15.5 Å². The number of primary amides is 1. The zero-order valence-corrected chi connectivity index (χ0v) is 15.2. The Balaban J connectivity index is 1.90. The van der Waals surface area contributed by atoms with Crippen molar-refractivity contribution in [3.63, 3.8) is 0 Å². The van der Waals surface area contributed by atoms with Crippen molar-refractivity contribution in [3.05, 3.63) is 29.6 Å². The van der Waals surface area contributed by atoms with Gasteiger partial charge in [0.25, 0.3) is 21.8 Å². The summed E-state index contributed by atoms with van der Waals surface area (Å²) in [5.41, 5.74) is 5.30. The number of aromatic nitrogens is 2. The number of carbonyl (C=O) groups excluding carboxylic acids is 2. The van der Waals surface area contributed by atoms with Crippen LogP contribution in [0.4, 0.5) is 5.00 Å². The second-order valence-corrected chi connectivity index (χ2v) is 9.74. The minimum Gasteiger partial charge on any atom is -0.366 e. The van der Waals surface area contributed by atoms with E-state index in [1.807, 2.05) is 13.8 Å². The minimum atomic E-state index is -3.73. The van der Waals surface area contributed by atoms with E-state index in [9.17, 15) is 18.0 Å². The molecule has 134 valence electrons. The molecule has 0 aromatic carbocycles. The first kappa shape index (κ1) is 17.6. The molecule has 0 aliphatic carbocycles. The lowest BCUT2D eigenvalue weighted by molar-refractivity contribution is 0.100. The summed E-state index contributed by atoms with van der Waals surface area (Å²) < 4.78 is 26.6. The van der Waals surface area contributed by atoms with Crippen molar-refractivity contribution in [1.29, 1.82) is 0 Å². The van der Waals surface area contributed by atoms with Gasteiger partial charge in [0.2, 0.25) is 0 Å². The van der Waals surface area contributed by atoms with Gasteiger partial charge in [-0.25, -0.2) is 8.42 Å². The highest BCUT2D eigenvalue weighted by Gasteiger charge is 2.43. The number of aromatic amines is 1. The van der Waals surface area contributed by atoms with Crippen LogP contribution in [-0.4, -0.2) is 47.8 Å². The molecule has 0 atom stereocenters. The molecule has 2 amide bonds. The highest BCUT2D eigenvalue weighted by molar-refractivity contribution is 7.91. The summed E-state index contributed by atoms with van der Waals surface area (Å²) in [6.45, 7) is 4.73. The van der Waals surface area contributed by atoms with Gasteiger partial charge < -0.3 is 11.1 Å². The van der Waals surface area contributed by atoms with Crippen molar-refractivity contribution in [2.75, 3.05) is 18.4 Å². The Morgan fingerprint density at radius 2 is 2.08 bits per heavy atom. The molecule has 3 rings (SSSR count). The monoisotopic (exact) mass is 383 g/mol. The van der Waals surface area contributed by atoms with Crippen molar-refractivity contribution < 1.29 is 18.0 Å². The summed E-state index contributed by atoms with van der Waals surface area (Å²) in [7, 11) is -3.73. The van der Waals surface area contributed by atoms with Crippen LogP contribution in [-0.2, 0) is 10.0 Å². The average Bonchev–Trinajstić information content (AvgIpc) is 3.14. The summed E-state index contributed by atoms with van der Waals surface area (Å²) >= 11 is 0.798. The second-order valence-electron chi connectivity index (χ2n) is 6.52. The van der Waals surface area contributed by atoms with Crippen LogP contribution in [0.3, 0.4) is 0 Å². The van der Waals surface area contributed by atoms with Crippen LogP contribution in [0, 0.1) is 5.41 Å². The third-order valence-electron chi connectivity index (χ3n) is 3.74. The molecule has 1 aliphatic heterocycles. The number of amides is 2. The number of anilines is 1. The van der Waals surface area contributed by atoms with Crippen LogP contribution in [0.25, 0.3) is 0 Å². The average molecular weight is 383 g/mol. The molecule has 11 heteroatoms. The van der Waals surface area contributed by atoms with Crippen molar-refractivity contribution in [2.45, 2.75) is 18.1 Å². The minimum absolute atomic E-state index is 0.0332. The number of nitrogens with two attached hydrogens (primary N) is 1. The van der Waals surface area contributed by atoms with Gasteiger partial charge >= 0.3 is 0 Å². The maximum absolute atomic E-state index is 12.7. The first-order chi connectivity index (χ1) is 11.6. The predicted octanol–water partition coefficient (Wildman–Crippen LogP) is 0.853. The van der Waals surface area contributed by atoms with Crippen molar-refractivity contribution in [3.8, 4) is 0 Å². The quantitative estimate of drug-likeness (QED) is 0.703. The Morgan fingerprint density at radius 1 is 1.40 bits per heavy atom. The molecule has 3 heterocycles. The third kappa shape index (κ3) is 3.30. The summed E-state index contributed by atoms with van der Waals surface area (Å²) in [4.78, 5) is 23.7. The van der Waals surface area contributed by atoms with Crippen LogP contribution >= 0.6 is 11.3 Å². The van der Waals surface area contributed by atoms with Crippen molar-refractivity contribution in [2.24, 2.45) is 11.1 Å². The van der Waals surface area contributed by atoms with E-state index >= 15 is 0 Å². The number of nitrogens with one attached hydrogen (secondary N) is 2. The van der Waals surface area contributed by atoms with Gasteiger partial charge in [0, 0.05) is 19.3 Å². The van der Waals surface area contributed by atoms with Crippen LogP contribution in [0.2, 0.25) is 0 Å². The number of rotatable bonds is 5. The Bertz CT molecular complexity index is 923. The van der Waals surface area contributed by atoms with E-state index in [4.69, 9.17) is 5.73 Å². The maximum Gasteiger partial charge on any atom is 0.276 e. The molecule has 4 N–H and O–H groups in total. The zero-order chi connectivity index (χ0) is 18.4. The predicted molar refractivity (Wildman–Crippen MR) is 91.9 cm³/mol. The Hall–Kier alpha value is -2.24. The van der Waals surface area contributed by atoms with E-state index in [1.54, 1.807) is 0 Å². The lowest BCUT2D eigenvalue weighted by Gasteiger charge is -2.44. The number of thiophene rings is 1. The molecular formula is C14H17N5O4S2. The molecule has 2 aromatic rings. The highest BCUT2D eigenvalue weighted by Crippen LogP contribution is 2.38. The van der Waals surface area contributed by atoms with E-state index < -0.39 is 21.8 Å². The van der Waals surface area contributed by atoms with Crippen LogP contribution in [0.15, 0.2) is 22.5 Å². The molecule has 25 heavy (non-hydrogen) atoms. The Morgan fingerprint density at radius 3 is 2.60 bits per heavy atom. The lowest BCUT2D eigenvalue weighted by Crippen LogP contribution is -2.55. The molecule has 1 aliphatic rings. The van der Waals surface area contributed by atoms with Crippen LogP contribution in [0.5, 0.6) is 0 Å². The largest absolute Gasteiger partial charge is 0.366 e. The van der Waals surface area contributed by atoms with Crippen molar-refractivity contribution >= 4 is 38.2 Å². The number of hydrogen-bond acceptors (Lipinski definition) is 6. The number of carbonyl (C=O) groups is 2. The highest BCUT2D eigenvalue weighted by atomic mass is 32.2. The number of nitrogens with zero attached hydrogens (tertiary/aromatic N) is 2. The van der Waals surface area contributed by atoms with E-state index in [0.29, 0.717) is 13.1 Å². The molecule has 0 unspecified atom stereocenters. The summed E-state index contributed by atoms with van der Waals surface area (Å²) in [5.74, 6) is -1.39. The molecule has 1 fully saturated rings. The van der Waals surface area contributed by atoms with Gasteiger partial charge in [0.05, 0.1) is 5.56 Å². The van der Waals surface area contributed by atoms with Gasteiger partial charge in [0.15, 0.2) is 0 Å². The number of H-pyrrole nitrogens is 1. The number of hydrogen-bond donors (Lipinski definition) is 3. The Kier molecular flexibility index (Phi) is 4.17. The van der Waals surface area contributed by atoms with Crippen molar-refractivity contribution in [1.82, 2.24) is 14.5 Å². The smallest absolute Gasteiger partial charge is 0.276 e. The number of sulfonamides is 1. The molecule has 0 radical (unpaired) electrons. The summed E-state index contributed by atoms with van der Waals surface area (Å²) in [5, 5.41) is 8.81. The SMILES string of the molecule is CC1(C)CN(S(=O)(=O)c2cc(C(N)=O)c(NC(=O)c3cc[nH]n3)s2)C1. The molecule has 2 aromatic heterocycles. The van der Waals surface area contributed by atoms with E-state index in [-0.39, 0.29) is 25.9 Å². The second kappa shape index (κ2) is 5.93. The van der Waals surface area contributed by atoms with Gasteiger partial charge in [-0.2, -0.15) is 9.40 Å². The first-order valence-corrected chi connectivity index (χ1v) is 9.61. The fourth-order valence-electron chi connectivity index (χ4n) is 2.53. The maximum atomic E-state index is 12.7. The van der Waals surface area contributed by atoms with Gasteiger partial charge in [-0.3, -0.25) is 14.7 Å². The summed E-state index contributed by atoms with van der Waals surface area (Å²) in [6, 6.07) is 2.65. The molecule has 9 nitrogen and oxygen atoms in total. The Labute approximate surface area is 148 Å². The molecule has 0 spiro atoms.